The number of allylic oxidation sites excluding steroid dienone is 8. The van der Waals surface area contributed by atoms with E-state index in [-0.39, 0.29) is 0 Å². The molecule has 0 saturated carbocycles. The van der Waals surface area contributed by atoms with Gasteiger partial charge in [-0.15, -0.1) is 0 Å². The van der Waals surface area contributed by atoms with Crippen LogP contribution in [0.3, 0.4) is 0 Å². The van der Waals surface area contributed by atoms with Gasteiger partial charge in [-0.1, -0.05) is 81.6 Å². The smallest absolute Gasteiger partial charge is 0.124 e. The van der Waals surface area contributed by atoms with Gasteiger partial charge >= 0.3 is 0 Å². The third-order valence-corrected chi connectivity index (χ3v) is 6.94. The van der Waals surface area contributed by atoms with Crippen molar-refractivity contribution in [3.63, 3.8) is 0 Å². The molecule has 4 heteroatoms. The first-order valence-corrected chi connectivity index (χ1v) is 13.4. The second-order valence-corrected chi connectivity index (χ2v) is 9.85. The molecule has 4 nitrogen and oxygen atoms in total. The minimum atomic E-state index is 0.373. The Hall–Kier alpha value is -4.05. The summed E-state index contributed by atoms with van der Waals surface area (Å²) in [7, 11) is 0. The summed E-state index contributed by atoms with van der Waals surface area (Å²) in [5.74, 6) is 1.33. The van der Waals surface area contributed by atoms with Gasteiger partial charge in [0.25, 0.3) is 0 Å². The second-order valence-electron chi connectivity index (χ2n) is 9.85. The van der Waals surface area contributed by atoms with E-state index in [1.807, 2.05) is 32.2 Å². The molecule has 1 heterocycles. The van der Waals surface area contributed by atoms with Crippen LogP contribution in [0.4, 0.5) is 0 Å². The first-order chi connectivity index (χ1) is 18.4. The molecule has 0 radical (unpaired) electrons. The highest BCUT2D eigenvalue weighted by molar-refractivity contribution is 6.12. The van der Waals surface area contributed by atoms with Crippen molar-refractivity contribution in [1.82, 2.24) is 10.2 Å². The van der Waals surface area contributed by atoms with Crippen LogP contribution in [0.1, 0.15) is 45.2 Å². The Morgan fingerprint density at radius 1 is 1.11 bits per heavy atom. The number of benzene rings is 2. The molecule has 1 atom stereocenters. The van der Waals surface area contributed by atoms with E-state index in [9.17, 15) is 0 Å². The van der Waals surface area contributed by atoms with Crippen LogP contribution in [-0.4, -0.2) is 23.8 Å². The number of aliphatic imine (C=N–C) groups is 1. The van der Waals surface area contributed by atoms with E-state index in [0.717, 1.165) is 47.9 Å². The molecule has 0 aromatic heterocycles. The lowest BCUT2D eigenvalue weighted by Gasteiger charge is -2.32. The lowest BCUT2D eigenvalue weighted by atomic mass is 9.92. The molecule has 0 amide bonds. The zero-order chi connectivity index (χ0) is 27.1. The maximum atomic E-state index is 6.23. The Labute approximate surface area is 228 Å². The van der Waals surface area contributed by atoms with E-state index in [2.05, 4.69) is 97.9 Å². The van der Waals surface area contributed by atoms with Crippen LogP contribution in [-0.2, 0) is 6.54 Å². The predicted molar refractivity (Wildman–Crippen MR) is 162 cm³/mol. The van der Waals surface area contributed by atoms with Gasteiger partial charge in [-0.25, -0.2) is 0 Å². The number of nitrogens with zero attached hydrogens (tertiary/aromatic N) is 2. The number of rotatable bonds is 8. The summed E-state index contributed by atoms with van der Waals surface area (Å²) in [5.41, 5.74) is 9.76. The highest BCUT2D eigenvalue weighted by Crippen LogP contribution is 2.34. The zero-order valence-electron chi connectivity index (χ0n) is 23.1. The van der Waals surface area contributed by atoms with Gasteiger partial charge in [-0.3, -0.25) is 4.99 Å². The molecule has 1 aliphatic carbocycles. The largest absolute Gasteiger partial charge is 0.491 e. The Morgan fingerprint density at radius 2 is 1.84 bits per heavy atom. The van der Waals surface area contributed by atoms with Gasteiger partial charge in [0.15, 0.2) is 0 Å². The van der Waals surface area contributed by atoms with Gasteiger partial charge in [0.2, 0.25) is 0 Å². The minimum absolute atomic E-state index is 0.373. The third kappa shape index (κ3) is 6.25. The summed E-state index contributed by atoms with van der Waals surface area (Å²) in [4.78, 5) is 7.24. The molecule has 2 aromatic carbocycles. The van der Waals surface area contributed by atoms with E-state index < -0.39 is 0 Å². The lowest BCUT2D eigenvalue weighted by molar-refractivity contribution is 0.246. The lowest BCUT2D eigenvalue weighted by Crippen LogP contribution is -2.30. The fraction of sp³-hybridized carbons (Fsp3) is 0.265. The quantitative estimate of drug-likeness (QED) is 0.394. The Bertz CT molecular complexity index is 1340. The Balaban J connectivity index is 1.68. The van der Waals surface area contributed by atoms with E-state index in [1.165, 1.54) is 28.0 Å². The highest BCUT2D eigenvalue weighted by atomic mass is 16.5. The fourth-order valence-electron chi connectivity index (χ4n) is 4.84. The average molecular weight is 506 g/mol. The van der Waals surface area contributed by atoms with Gasteiger partial charge in [0.05, 0.1) is 12.3 Å². The first-order valence-electron chi connectivity index (χ1n) is 13.4. The van der Waals surface area contributed by atoms with Crippen molar-refractivity contribution in [2.45, 2.75) is 40.7 Å². The molecule has 0 fully saturated rings. The summed E-state index contributed by atoms with van der Waals surface area (Å²) in [6.07, 6.45) is 13.3. The number of ether oxygens (including phenoxy) is 1. The topological polar surface area (TPSA) is 36.9 Å². The van der Waals surface area contributed by atoms with Crippen LogP contribution in [0.2, 0.25) is 0 Å². The molecule has 38 heavy (non-hydrogen) atoms. The number of nitrogens with one attached hydrogen (secondary N) is 1. The van der Waals surface area contributed by atoms with E-state index in [1.54, 1.807) is 0 Å². The van der Waals surface area contributed by atoms with Crippen molar-refractivity contribution < 1.29 is 4.74 Å². The monoisotopic (exact) mass is 505 g/mol. The van der Waals surface area contributed by atoms with E-state index in [0.29, 0.717) is 12.5 Å². The SMILES string of the molecule is C=C(C)N=C1C=CC=C/C1=C(/C(C)CC)N1CCOc2ccc(-c3ccc(C(=C)N/C=C\C)cc3)cc2C1. The maximum Gasteiger partial charge on any atom is 0.124 e. The normalized spacial score (nSPS) is 18.1. The van der Waals surface area contributed by atoms with Crippen LogP contribution < -0.4 is 10.1 Å². The Kier molecular flexibility index (Phi) is 8.85. The third-order valence-electron chi connectivity index (χ3n) is 6.94. The summed E-state index contributed by atoms with van der Waals surface area (Å²) in [6, 6.07) is 15.1. The van der Waals surface area contributed by atoms with E-state index >= 15 is 0 Å². The summed E-state index contributed by atoms with van der Waals surface area (Å²) >= 11 is 0. The molecule has 0 spiro atoms. The number of hydrogen-bond donors (Lipinski definition) is 1. The van der Waals surface area contributed by atoms with Gasteiger partial charge in [0.1, 0.15) is 12.4 Å². The molecule has 1 unspecified atom stereocenters. The highest BCUT2D eigenvalue weighted by Gasteiger charge is 2.25. The Morgan fingerprint density at radius 3 is 2.55 bits per heavy atom. The summed E-state index contributed by atoms with van der Waals surface area (Å²) in [6.45, 7) is 18.9. The zero-order valence-corrected chi connectivity index (χ0v) is 23.1. The molecule has 1 N–H and O–H groups in total. The van der Waals surface area contributed by atoms with Gasteiger partial charge in [-0.2, -0.15) is 0 Å². The second kappa shape index (κ2) is 12.5. The van der Waals surface area contributed by atoms with E-state index in [4.69, 9.17) is 9.73 Å². The maximum absolute atomic E-state index is 6.23. The molecule has 4 rings (SSSR count). The van der Waals surface area contributed by atoms with Crippen LogP contribution in [0.25, 0.3) is 16.8 Å². The molecule has 0 saturated heterocycles. The van der Waals surface area contributed by atoms with Gasteiger partial charge in [-0.05, 0) is 67.3 Å². The van der Waals surface area contributed by atoms with Crippen LogP contribution in [0, 0.1) is 5.92 Å². The molecule has 0 bridgehead atoms. The molecular formula is C34H39N3O. The van der Waals surface area contributed by atoms with Crippen molar-refractivity contribution in [2.75, 3.05) is 13.2 Å². The van der Waals surface area contributed by atoms with Gasteiger partial charge in [0, 0.05) is 34.8 Å². The molecule has 2 aromatic rings. The standard InChI is InChI=1S/C34H39N3O/c1-7-19-35-26(6)27-13-15-28(16-14-27)29-17-18-33-30(22-29)23-37(20-21-38-33)34(25(5)8-2)31-11-9-10-12-32(31)36-24(3)4/h7,9-19,22,25,35H,3,6,8,20-21,23H2,1-2,4-5H3/b19-7-,34-31+,36-32?. The van der Waals surface area contributed by atoms with Crippen molar-refractivity contribution in [1.29, 1.82) is 0 Å². The predicted octanol–water partition coefficient (Wildman–Crippen LogP) is 8.04. The molecular weight excluding hydrogens is 466 g/mol. The molecule has 196 valence electrons. The number of fused-ring (bicyclic) bond motifs is 1. The van der Waals surface area contributed by atoms with Crippen molar-refractivity contribution in [2.24, 2.45) is 10.9 Å². The molecule has 1 aliphatic heterocycles. The summed E-state index contributed by atoms with van der Waals surface area (Å²) in [5, 5.41) is 3.20. The first kappa shape index (κ1) is 27.0. The fourth-order valence-corrected chi connectivity index (χ4v) is 4.84. The van der Waals surface area contributed by atoms with Crippen molar-refractivity contribution in [3.05, 3.63) is 120 Å². The number of hydrogen-bond acceptors (Lipinski definition) is 4. The average Bonchev–Trinajstić information content (AvgIpc) is 3.14. The minimum Gasteiger partial charge on any atom is -0.491 e. The summed E-state index contributed by atoms with van der Waals surface area (Å²) < 4.78 is 6.23. The van der Waals surface area contributed by atoms with Crippen LogP contribution in [0.15, 0.2) is 114 Å². The van der Waals surface area contributed by atoms with Crippen molar-refractivity contribution >= 4 is 11.4 Å². The van der Waals surface area contributed by atoms with Crippen LogP contribution >= 0.6 is 0 Å². The van der Waals surface area contributed by atoms with Crippen molar-refractivity contribution in [3.8, 4) is 16.9 Å². The molecule has 2 aliphatic rings. The van der Waals surface area contributed by atoms with Crippen LogP contribution in [0.5, 0.6) is 5.75 Å². The van der Waals surface area contributed by atoms with Gasteiger partial charge < -0.3 is 15.0 Å².